The summed E-state index contributed by atoms with van der Waals surface area (Å²) in [7, 11) is -3.46. The van der Waals surface area contributed by atoms with Gasteiger partial charge in [-0.05, 0) is 73.7 Å². The van der Waals surface area contributed by atoms with Crippen molar-refractivity contribution in [3.05, 3.63) is 71.3 Å². The average Bonchev–Trinajstić information content (AvgIpc) is 3.20. The molecule has 182 valence electrons. The Morgan fingerprint density at radius 3 is 2.03 bits per heavy atom. The summed E-state index contributed by atoms with van der Waals surface area (Å²) in [5.74, 6) is -0.178. The maximum atomic E-state index is 12.9. The third kappa shape index (κ3) is 6.78. The number of amides is 1. The molecule has 2 aromatic carbocycles. The van der Waals surface area contributed by atoms with Crippen LogP contribution >= 0.6 is 0 Å². The third-order valence-corrected chi connectivity index (χ3v) is 8.52. The lowest BCUT2D eigenvalue weighted by Crippen LogP contribution is -2.31. The number of likely N-dealkylation sites (tertiary alicyclic amines) is 1. The average molecular weight is 482 g/mol. The minimum atomic E-state index is -3.46. The number of carbonyl (C=O) groups is 1. The van der Waals surface area contributed by atoms with E-state index in [1.807, 2.05) is 0 Å². The Morgan fingerprint density at radius 2 is 1.38 bits per heavy atom. The second-order valence-corrected chi connectivity index (χ2v) is 11.2. The molecule has 2 aliphatic rings. The third-order valence-electron chi connectivity index (χ3n) is 6.60. The van der Waals surface area contributed by atoms with Gasteiger partial charge in [-0.1, -0.05) is 49.2 Å². The summed E-state index contributed by atoms with van der Waals surface area (Å²) < 4.78 is 27.4. The molecule has 0 aromatic heterocycles. The van der Waals surface area contributed by atoms with Crippen LogP contribution in [0.2, 0.25) is 0 Å². The molecule has 0 bridgehead atoms. The monoisotopic (exact) mass is 481 g/mol. The molecule has 7 heteroatoms. The first-order chi connectivity index (χ1) is 16.5. The SMILES string of the molecule is O=C(/C=C/c1ccc(S(=O)(=O)N2CCCCCC2)cc1)NCc1ccc(CN2CCCC2)cc1. The van der Waals surface area contributed by atoms with Gasteiger partial charge < -0.3 is 5.32 Å². The Balaban J connectivity index is 1.26. The summed E-state index contributed by atoms with van der Waals surface area (Å²) in [6, 6.07) is 15.1. The highest BCUT2D eigenvalue weighted by atomic mass is 32.2. The molecule has 2 heterocycles. The van der Waals surface area contributed by atoms with E-state index in [1.54, 1.807) is 34.6 Å². The summed E-state index contributed by atoms with van der Waals surface area (Å²) in [6.45, 7) is 5.01. The second-order valence-electron chi connectivity index (χ2n) is 9.24. The molecule has 2 fully saturated rings. The van der Waals surface area contributed by atoms with E-state index < -0.39 is 10.0 Å². The largest absolute Gasteiger partial charge is 0.348 e. The maximum absolute atomic E-state index is 12.9. The lowest BCUT2D eigenvalue weighted by Gasteiger charge is -2.19. The lowest BCUT2D eigenvalue weighted by atomic mass is 10.1. The second kappa shape index (κ2) is 11.8. The summed E-state index contributed by atoms with van der Waals surface area (Å²) in [6.07, 6.45) is 9.77. The number of rotatable bonds is 8. The van der Waals surface area contributed by atoms with Gasteiger partial charge in [-0.3, -0.25) is 9.69 Å². The molecule has 2 aromatic rings. The quantitative estimate of drug-likeness (QED) is 0.575. The topological polar surface area (TPSA) is 69.7 Å². The number of sulfonamides is 1. The highest BCUT2D eigenvalue weighted by molar-refractivity contribution is 7.89. The zero-order chi connectivity index (χ0) is 23.8. The molecule has 4 rings (SSSR count). The fourth-order valence-corrected chi connectivity index (χ4v) is 6.08. The summed E-state index contributed by atoms with van der Waals surface area (Å²) >= 11 is 0. The zero-order valence-corrected chi connectivity index (χ0v) is 20.6. The molecule has 0 aliphatic carbocycles. The Bertz CT molecular complexity index is 1070. The number of nitrogens with one attached hydrogen (secondary N) is 1. The van der Waals surface area contributed by atoms with Crippen molar-refractivity contribution in [2.75, 3.05) is 26.2 Å². The first-order valence-corrected chi connectivity index (χ1v) is 13.8. The highest BCUT2D eigenvalue weighted by Crippen LogP contribution is 2.21. The van der Waals surface area contributed by atoms with Gasteiger partial charge in [0.05, 0.1) is 4.90 Å². The van der Waals surface area contributed by atoms with Gasteiger partial charge in [0, 0.05) is 32.3 Å². The van der Waals surface area contributed by atoms with Crippen molar-refractivity contribution in [3.8, 4) is 0 Å². The highest BCUT2D eigenvalue weighted by Gasteiger charge is 2.24. The van der Waals surface area contributed by atoms with Gasteiger partial charge in [0.1, 0.15) is 0 Å². The predicted octanol–water partition coefficient (Wildman–Crippen LogP) is 4.18. The molecule has 0 radical (unpaired) electrons. The standard InChI is InChI=1S/C27H35N3O3S/c31-27(28-21-24-7-9-25(10-8-24)22-29-17-5-6-18-29)16-13-23-11-14-26(15-12-23)34(32,33)30-19-3-1-2-4-20-30/h7-16H,1-6,17-22H2,(H,28,31)/b16-13+. The minimum Gasteiger partial charge on any atom is -0.348 e. The molecule has 2 saturated heterocycles. The molecule has 2 aliphatic heterocycles. The van der Waals surface area contributed by atoms with E-state index in [0.29, 0.717) is 24.5 Å². The van der Waals surface area contributed by atoms with E-state index in [4.69, 9.17) is 0 Å². The molecule has 6 nitrogen and oxygen atoms in total. The molecule has 0 saturated carbocycles. The van der Waals surface area contributed by atoms with Crippen LogP contribution in [-0.4, -0.2) is 49.7 Å². The summed E-state index contributed by atoms with van der Waals surface area (Å²) in [4.78, 5) is 15.0. The van der Waals surface area contributed by atoms with Crippen LogP contribution in [0.4, 0.5) is 0 Å². The van der Waals surface area contributed by atoms with E-state index in [2.05, 4.69) is 34.5 Å². The van der Waals surface area contributed by atoms with Gasteiger partial charge >= 0.3 is 0 Å². The van der Waals surface area contributed by atoms with E-state index in [1.165, 1.54) is 37.6 Å². The Morgan fingerprint density at radius 1 is 0.794 bits per heavy atom. The smallest absolute Gasteiger partial charge is 0.244 e. The van der Waals surface area contributed by atoms with Crippen LogP contribution in [0.3, 0.4) is 0 Å². The fourth-order valence-electron chi connectivity index (χ4n) is 4.56. The molecule has 0 unspecified atom stereocenters. The molecule has 1 amide bonds. The predicted molar refractivity (Wildman–Crippen MR) is 136 cm³/mol. The van der Waals surface area contributed by atoms with Crippen LogP contribution in [0, 0.1) is 0 Å². The first kappa shape index (κ1) is 24.6. The maximum Gasteiger partial charge on any atom is 0.244 e. The van der Waals surface area contributed by atoms with Crippen molar-refractivity contribution in [1.29, 1.82) is 0 Å². The summed E-state index contributed by atoms with van der Waals surface area (Å²) in [5.41, 5.74) is 3.16. The van der Waals surface area contributed by atoms with Crippen molar-refractivity contribution < 1.29 is 13.2 Å². The number of hydrogen-bond donors (Lipinski definition) is 1. The number of hydrogen-bond acceptors (Lipinski definition) is 4. The van der Waals surface area contributed by atoms with Crippen molar-refractivity contribution in [2.24, 2.45) is 0 Å². The van der Waals surface area contributed by atoms with Crippen LogP contribution in [0.15, 0.2) is 59.5 Å². The van der Waals surface area contributed by atoms with E-state index in [0.717, 1.165) is 43.4 Å². The van der Waals surface area contributed by atoms with Gasteiger partial charge in [0.2, 0.25) is 15.9 Å². The van der Waals surface area contributed by atoms with Crippen molar-refractivity contribution in [1.82, 2.24) is 14.5 Å². The van der Waals surface area contributed by atoms with Crippen LogP contribution < -0.4 is 5.32 Å². The first-order valence-electron chi connectivity index (χ1n) is 12.4. The lowest BCUT2D eigenvalue weighted by molar-refractivity contribution is -0.116. The van der Waals surface area contributed by atoms with Gasteiger partial charge in [-0.25, -0.2) is 8.42 Å². The number of benzene rings is 2. The van der Waals surface area contributed by atoms with E-state index in [-0.39, 0.29) is 5.91 Å². The normalized spacial score (nSPS) is 18.2. The van der Waals surface area contributed by atoms with Gasteiger partial charge in [-0.2, -0.15) is 4.31 Å². The molecular formula is C27H35N3O3S. The Labute approximate surface area is 203 Å². The summed E-state index contributed by atoms with van der Waals surface area (Å²) in [5, 5.41) is 2.91. The van der Waals surface area contributed by atoms with Crippen LogP contribution in [-0.2, 0) is 27.9 Å². The molecular weight excluding hydrogens is 446 g/mol. The molecule has 0 spiro atoms. The molecule has 1 N–H and O–H groups in total. The molecule has 0 atom stereocenters. The zero-order valence-electron chi connectivity index (χ0n) is 19.8. The van der Waals surface area contributed by atoms with Crippen molar-refractivity contribution in [2.45, 2.75) is 56.5 Å². The van der Waals surface area contributed by atoms with Gasteiger partial charge in [-0.15, -0.1) is 0 Å². The fraction of sp³-hybridized carbons (Fsp3) is 0.444. The Kier molecular flexibility index (Phi) is 8.53. The number of carbonyl (C=O) groups excluding carboxylic acids is 1. The minimum absolute atomic E-state index is 0.178. The van der Waals surface area contributed by atoms with Crippen LogP contribution in [0.25, 0.3) is 6.08 Å². The van der Waals surface area contributed by atoms with Crippen molar-refractivity contribution in [3.63, 3.8) is 0 Å². The number of nitrogens with zero attached hydrogens (tertiary/aromatic N) is 2. The molecule has 34 heavy (non-hydrogen) atoms. The van der Waals surface area contributed by atoms with Crippen LogP contribution in [0.1, 0.15) is 55.2 Å². The van der Waals surface area contributed by atoms with Gasteiger partial charge in [0.25, 0.3) is 0 Å². The van der Waals surface area contributed by atoms with E-state index in [9.17, 15) is 13.2 Å². The van der Waals surface area contributed by atoms with Crippen LogP contribution in [0.5, 0.6) is 0 Å². The van der Waals surface area contributed by atoms with E-state index >= 15 is 0 Å². The van der Waals surface area contributed by atoms with Gasteiger partial charge in [0.15, 0.2) is 0 Å². The van der Waals surface area contributed by atoms with Crippen molar-refractivity contribution >= 4 is 22.0 Å². The Hall–Kier alpha value is -2.48.